The van der Waals surface area contributed by atoms with Crippen molar-refractivity contribution in [2.75, 3.05) is 20.6 Å². The van der Waals surface area contributed by atoms with Crippen molar-refractivity contribution < 1.29 is 52.9 Å². The number of ether oxygens (including phenoxy) is 2. The molecule has 3 aromatic rings. The highest BCUT2D eigenvalue weighted by Crippen LogP contribution is 2.32. The van der Waals surface area contributed by atoms with Crippen molar-refractivity contribution in [3.63, 3.8) is 0 Å². The first-order valence-corrected chi connectivity index (χ1v) is 25.8. The molecule has 0 radical (unpaired) electrons. The number of nitrogens with one attached hydrogen (secondary N) is 4. The molecule has 5 N–H and O–H groups in total. The SMILES string of the molecule is CC(C(=O)NC(Cc1ccc(CCc2ccc(C(=O)NC3CC(C(=O)NC4CCCc5ccccc54)N(C(=O)C(NC(=O)C(C)N(C)C(=O)OC(C)(C)C)C(C)(C)C)C3)cc2)cc1)C(=O)O)N(C)C(=O)OC(C)(C)C. The molecule has 7 atom stereocenters. The van der Waals surface area contributed by atoms with E-state index in [1.54, 1.807) is 60.6 Å². The Labute approximate surface area is 442 Å². The van der Waals surface area contributed by atoms with Gasteiger partial charge in [0.2, 0.25) is 23.6 Å². The molecule has 0 spiro atoms. The Kier molecular flexibility index (Phi) is 19.3. The van der Waals surface area contributed by atoms with Gasteiger partial charge in [0.25, 0.3) is 5.91 Å². The smallest absolute Gasteiger partial charge is 0.410 e. The minimum Gasteiger partial charge on any atom is -0.480 e. The van der Waals surface area contributed by atoms with Gasteiger partial charge in [-0.15, -0.1) is 0 Å². The van der Waals surface area contributed by atoms with Crippen LogP contribution in [0.3, 0.4) is 0 Å². The molecule has 0 bridgehead atoms. The topological polar surface area (TPSA) is 233 Å². The van der Waals surface area contributed by atoms with E-state index < -0.39 is 88.7 Å². The van der Waals surface area contributed by atoms with Crippen LogP contribution in [0.25, 0.3) is 0 Å². The molecule has 0 aromatic heterocycles. The Balaban J connectivity index is 1.23. The Bertz CT molecular complexity index is 2550. The maximum Gasteiger partial charge on any atom is 0.410 e. The Morgan fingerprint density at radius 3 is 1.72 bits per heavy atom. The number of hydrogen-bond acceptors (Lipinski definition) is 10. The number of benzene rings is 3. The molecule has 7 amide bonds. The number of carbonyl (C=O) groups excluding carboxylic acids is 7. The van der Waals surface area contributed by atoms with Crippen LogP contribution in [0.5, 0.6) is 0 Å². The number of nitrogens with zero attached hydrogens (tertiary/aromatic N) is 3. The summed E-state index contributed by atoms with van der Waals surface area (Å²) in [5, 5.41) is 21.6. The lowest BCUT2D eigenvalue weighted by atomic mass is 9.85. The van der Waals surface area contributed by atoms with Crippen LogP contribution in [-0.4, -0.2) is 136 Å². The van der Waals surface area contributed by atoms with Crippen molar-refractivity contribution in [3.05, 3.63) is 106 Å². The summed E-state index contributed by atoms with van der Waals surface area (Å²) in [5.74, 6) is -3.65. The van der Waals surface area contributed by atoms with Gasteiger partial charge in [0.15, 0.2) is 0 Å². The number of likely N-dealkylation sites (N-methyl/N-ethyl adjacent to an activating group) is 2. The van der Waals surface area contributed by atoms with Gasteiger partial charge in [0.05, 0.1) is 6.04 Å². The molecule has 408 valence electrons. The van der Waals surface area contributed by atoms with E-state index in [-0.39, 0.29) is 37.2 Å². The van der Waals surface area contributed by atoms with E-state index in [2.05, 4.69) is 27.3 Å². The van der Waals surface area contributed by atoms with Crippen molar-refractivity contribution in [2.24, 2.45) is 5.41 Å². The summed E-state index contributed by atoms with van der Waals surface area (Å²) < 4.78 is 10.8. The van der Waals surface area contributed by atoms with Gasteiger partial charge < -0.3 is 40.7 Å². The molecule has 1 fully saturated rings. The molecule has 2 aliphatic rings. The van der Waals surface area contributed by atoms with Crippen molar-refractivity contribution in [3.8, 4) is 0 Å². The minimum absolute atomic E-state index is 0.00879. The van der Waals surface area contributed by atoms with Gasteiger partial charge in [-0.1, -0.05) is 81.4 Å². The molecule has 1 heterocycles. The van der Waals surface area contributed by atoms with Crippen molar-refractivity contribution in [1.29, 1.82) is 0 Å². The largest absolute Gasteiger partial charge is 0.480 e. The van der Waals surface area contributed by atoms with Crippen molar-refractivity contribution in [1.82, 2.24) is 36.0 Å². The van der Waals surface area contributed by atoms with E-state index >= 15 is 0 Å². The van der Waals surface area contributed by atoms with Crippen LogP contribution < -0.4 is 21.3 Å². The lowest BCUT2D eigenvalue weighted by Crippen LogP contribution is -2.60. The van der Waals surface area contributed by atoms with E-state index in [1.165, 1.54) is 30.8 Å². The summed E-state index contributed by atoms with van der Waals surface area (Å²) >= 11 is 0. The number of likely N-dealkylation sites (tertiary alicyclic amines) is 1. The van der Waals surface area contributed by atoms with Gasteiger partial charge in [0.1, 0.15) is 41.4 Å². The summed E-state index contributed by atoms with van der Waals surface area (Å²) in [5.41, 5.74) is 2.85. The zero-order valence-electron chi connectivity index (χ0n) is 46.0. The highest BCUT2D eigenvalue weighted by atomic mass is 16.6. The molecular weight excluding hydrogens is 959 g/mol. The fraction of sp³-hybridized carbons (Fsp3) is 0.544. The van der Waals surface area contributed by atoms with Gasteiger partial charge in [-0.3, -0.25) is 33.8 Å². The molecule has 3 aromatic carbocycles. The van der Waals surface area contributed by atoms with Crippen LogP contribution in [0.4, 0.5) is 9.59 Å². The van der Waals surface area contributed by atoms with Gasteiger partial charge in [-0.2, -0.15) is 0 Å². The summed E-state index contributed by atoms with van der Waals surface area (Å²) in [6.07, 6.45) is 2.56. The number of aryl methyl sites for hydroxylation is 3. The lowest BCUT2D eigenvalue weighted by molar-refractivity contribution is -0.144. The molecule has 75 heavy (non-hydrogen) atoms. The van der Waals surface area contributed by atoms with Gasteiger partial charge in [0, 0.05) is 38.7 Å². The maximum absolute atomic E-state index is 14.8. The highest BCUT2D eigenvalue weighted by molar-refractivity contribution is 5.96. The summed E-state index contributed by atoms with van der Waals surface area (Å²) in [4.78, 5) is 111. The van der Waals surface area contributed by atoms with Crippen LogP contribution in [0.1, 0.15) is 140 Å². The van der Waals surface area contributed by atoms with E-state index in [9.17, 15) is 43.5 Å². The van der Waals surface area contributed by atoms with Crippen molar-refractivity contribution in [2.45, 2.75) is 175 Å². The van der Waals surface area contributed by atoms with E-state index in [0.717, 1.165) is 46.4 Å². The number of rotatable bonds is 17. The minimum atomic E-state index is -1.23. The second-order valence-electron chi connectivity index (χ2n) is 23.0. The first kappa shape index (κ1) is 58.9. The Hall–Kier alpha value is -6.98. The van der Waals surface area contributed by atoms with Crippen LogP contribution >= 0.6 is 0 Å². The number of aliphatic carboxylic acids is 1. The lowest BCUT2D eigenvalue weighted by Gasteiger charge is -2.37. The average molecular weight is 1040 g/mol. The Morgan fingerprint density at radius 2 is 1.20 bits per heavy atom. The zero-order valence-corrected chi connectivity index (χ0v) is 46.0. The van der Waals surface area contributed by atoms with Crippen LogP contribution in [0.15, 0.2) is 72.8 Å². The molecule has 7 unspecified atom stereocenters. The third-order valence-corrected chi connectivity index (χ3v) is 13.6. The summed E-state index contributed by atoms with van der Waals surface area (Å²) in [7, 11) is 2.87. The second kappa shape index (κ2) is 24.6. The number of amides is 7. The zero-order chi connectivity index (χ0) is 55.7. The first-order chi connectivity index (χ1) is 34.9. The van der Waals surface area contributed by atoms with Gasteiger partial charge in [-0.25, -0.2) is 14.4 Å². The number of carboxylic acids is 1. The van der Waals surface area contributed by atoms with E-state index in [0.29, 0.717) is 24.0 Å². The molecule has 1 aliphatic heterocycles. The number of carboxylic acid groups (broad SMARTS) is 1. The maximum atomic E-state index is 14.8. The Morgan fingerprint density at radius 1 is 0.693 bits per heavy atom. The average Bonchev–Trinajstić information content (AvgIpc) is 3.76. The summed E-state index contributed by atoms with van der Waals surface area (Å²) in [6, 6.07) is 16.4. The van der Waals surface area contributed by atoms with Crippen LogP contribution in [0, 0.1) is 5.41 Å². The third-order valence-electron chi connectivity index (χ3n) is 13.6. The predicted molar refractivity (Wildman–Crippen MR) is 284 cm³/mol. The monoisotopic (exact) mass is 1040 g/mol. The fourth-order valence-electron chi connectivity index (χ4n) is 8.97. The normalized spacial score (nSPS) is 18.2. The second-order valence-corrected chi connectivity index (χ2v) is 23.0. The quantitative estimate of drug-likeness (QED) is 0.0977. The van der Waals surface area contributed by atoms with Crippen LogP contribution in [0.2, 0.25) is 0 Å². The number of fused-ring (bicyclic) bond motifs is 1. The van der Waals surface area contributed by atoms with Crippen LogP contribution in [-0.2, 0) is 59.1 Å². The molecule has 5 rings (SSSR count). The van der Waals surface area contributed by atoms with E-state index in [1.807, 2.05) is 75.4 Å². The molecule has 18 heteroatoms. The molecule has 0 saturated carbocycles. The third kappa shape index (κ3) is 16.5. The molecule has 18 nitrogen and oxygen atoms in total. The van der Waals surface area contributed by atoms with E-state index in [4.69, 9.17) is 9.47 Å². The highest BCUT2D eigenvalue weighted by Gasteiger charge is 2.46. The fourth-order valence-corrected chi connectivity index (χ4v) is 8.97. The molecule has 1 aliphatic carbocycles. The van der Waals surface area contributed by atoms with Crippen molar-refractivity contribution >= 4 is 47.7 Å². The number of carbonyl (C=O) groups is 8. The van der Waals surface area contributed by atoms with Gasteiger partial charge in [-0.05, 0) is 139 Å². The molecular formula is C57H79N7O11. The summed E-state index contributed by atoms with van der Waals surface area (Å²) in [6.45, 7) is 18.8. The number of hydrogen-bond donors (Lipinski definition) is 5. The first-order valence-electron chi connectivity index (χ1n) is 25.8. The van der Waals surface area contributed by atoms with Gasteiger partial charge >= 0.3 is 18.2 Å². The standard InChI is InChI=1S/C57H79N7O11/c1-34(62(12)53(72)74-56(6,7)8)47(65)60-44(52(70)71)31-38-25-23-36(24-26-38)21-22-37-27-29-40(30-28-37)49(67)58-41-32-45(50(68)59-43-20-16-18-39-17-14-15-19-42(39)43)64(33-41)51(69)46(55(3,4)5)61-48(66)35(2)63(13)54(73)75-57(9,10)11/h14-15,17,19,23-30,34-35,41,43-46H,16,18,20-22,31-33H2,1-13H3,(H,58,67)(H,59,68)(H,60,65)(H,61,66)(H,70,71). The predicted octanol–water partition coefficient (Wildman–Crippen LogP) is 6.52. The molecule has 1 saturated heterocycles.